The number of carbonyl (C=O) groups is 3. The summed E-state index contributed by atoms with van der Waals surface area (Å²) in [7, 11) is 0. The van der Waals surface area contributed by atoms with Crippen molar-refractivity contribution >= 4 is 23.4 Å². The van der Waals surface area contributed by atoms with Crippen molar-refractivity contribution in [3.63, 3.8) is 0 Å². The minimum absolute atomic E-state index is 0.000962. The van der Waals surface area contributed by atoms with E-state index in [2.05, 4.69) is 17.6 Å². The van der Waals surface area contributed by atoms with Gasteiger partial charge in [0, 0.05) is 17.8 Å². The zero-order valence-corrected chi connectivity index (χ0v) is 22.7. The molecule has 7 atom stereocenters. The topological polar surface area (TPSA) is 87.7 Å². The molecule has 7 nitrogen and oxygen atoms in total. The number of rotatable bonds is 5. The average Bonchev–Trinajstić information content (AvgIpc) is 3.44. The van der Waals surface area contributed by atoms with Gasteiger partial charge in [0.1, 0.15) is 11.6 Å². The van der Waals surface area contributed by atoms with Crippen molar-refractivity contribution in [1.29, 1.82) is 0 Å². The molecule has 6 rings (SSSR count). The number of nitrogens with one attached hydrogen (secondary N) is 2. The van der Waals surface area contributed by atoms with Gasteiger partial charge in [-0.1, -0.05) is 69.7 Å². The third kappa shape index (κ3) is 4.27. The number of hydrogen-bond donors (Lipinski definition) is 2. The van der Waals surface area contributed by atoms with Crippen LogP contribution >= 0.6 is 0 Å². The van der Waals surface area contributed by atoms with Crippen LogP contribution in [0.5, 0.6) is 0 Å². The molecule has 5 aliphatic rings. The fourth-order valence-corrected chi connectivity index (χ4v) is 7.88. The molecule has 4 unspecified atom stereocenters. The lowest BCUT2D eigenvalue weighted by Crippen LogP contribution is -2.59. The first-order chi connectivity index (χ1) is 18.4. The molecular weight excluding hydrogens is 478 g/mol. The Hall–Kier alpha value is -2.67. The standard InChI is InChI=1S/C31H41N3O4/c1-19-10-9-12-21(18-19)32-28(35)25-24-16-17-31(38-24)26(25)30(37)34(22-13-5-3-4-6-14-22)27(31)29(36)33-23-15-8-7-11-20(23)2/h9-10,12,16-18,20,22-27H,3-8,11,13-15H2,1-2H3,(H,32,35)(H,33,36)/t20?,23?,24-,25?,26-,27?,31+/m1/s1. The van der Waals surface area contributed by atoms with Crippen molar-refractivity contribution in [3.05, 3.63) is 42.0 Å². The van der Waals surface area contributed by atoms with E-state index in [0.717, 1.165) is 63.4 Å². The molecular formula is C31H41N3O4. The van der Waals surface area contributed by atoms with Crippen molar-refractivity contribution in [2.45, 2.75) is 108 Å². The smallest absolute Gasteiger partial charge is 0.246 e. The number of likely N-dealkylation sites (tertiary alicyclic amines) is 1. The number of aryl methyl sites for hydroxylation is 1. The summed E-state index contributed by atoms with van der Waals surface area (Å²) in [4.78, 5) is 44.0. The van der Waals surface area contributed by atoms with Crippen LogP contribution in [0.1, 0.15) is 76.7 Å². The summed E-state index contributed by atoms with van der Waals surface area (Å²) in [6.45, 7) is 4.19. The number of carbonyl (C=O) groups excluding carboxylic acids is 3. The number of anilines is 1. The van der Waals surface area contributed by atoms with Crippen molar-refractivity contribution in [2.75, 3.05) is 5.32 Å². The SMILES string of the molecule is Cc1cccc(NC(=O)C2[C@H]3C=C[C@@]4(O3)C(C(=O)NC3CCCCC3C)N(C3CCCCCC3)C(=O)[C@@H]24)c1. The van der Waals surface area contributed by atoms with Crippen LogP contribution in [-0.4, -0.2) is 52.5 Å². The van der Waals surface area contributed by atoms with Crippen molar-refractivity contribution in [1.82, 2.24) is 10.2 Å². The first kappa shape index (κ1) is 25.6. The third-order valence-corrected chi connectivity index (χ3v) is 9.81. The highest BCUT2D eigenvalue weighted by atomic mass is 16.5. The second-order valence-electron chi connectivity index (χ2n) is 12.3. The Morgan fingerprint density at radius 3 is 2.47 bits per heavy atom. The monoisotopic (exact) mass is 519 g/mol. The van der Waals surface area contributed by atoms with E-state index in [-0.39, 0.29) is 29.8 Å². The summed E-state index contributed by atoms with van der Waals surface area (Å²) in [5.41, 5.74) is 0.668. The van der Waals surface area contributed by atoms with Crippen LogP contribution in [0, 0.1) is 24.7 Å². The van der Waals surface area contributed by atoms with Crippen molar-refractivity contribution in [3.8, 4) is 0 Å². The Bertz CT molecular complexity index is 1130. The minimum atomic E-state index is -1.09. The van der Waals surface area contributed by atoms with E-state index in [9.17, 15) is 14.4 Å². The lowest BCUT2D eigenvalue weighted by molar-refractivity contribution is -0.144. The highest BCUT2D eigenvalue weighted by Gasteiger charge is 2.73. The first-order valence-electron chi connectivity index (χ1n) is 14.8. The van der Waals surface area contributed by atoms with Gasteiger partial charge in [0.15, 0.2) is 0 Å². The molecule has 2 aliphatic carbocycles. The molecule has 204 valence electrons. The predicted molar refractivity (Wildman–Crippen MR) is 145 cm³/mol. The number of nitrogens with zero attached hydrogens (tertiary/aromatic N) is 1. The molecule has 2 saturated heterocycles. The van der Waals surface area contributed by atoms with Crippen molar-refractivity contribution < 1.29 is 19.1 Å². The zero-order chi connectivity index (χ0) is 26.4. The lowest BCUT2D eigenvalue weighted by atomic mass is 9.74. The van der Waals surface area contributed by atoms with E-state index in [1.54, 1.807) is 0 Å². The van der Waals surface area contributed by atoms with Crippen LogP contribution < -0.4 is 10.6 Å². The molecule has 3 amide bonds. The summed E-state index contributed by atoms with van der Waals surface area (Å²) < 4.78 is 6.56. The normalized spacial score (nSPS) is 36.7. The molecule has 2 N–H and O–H groups in total. The lowest BCUT2D eigenvalue weighted by Gasteiger charge is -2.38. The van der Waals surface area contributed by atoms with Gasteiger partial charge >= 0.3 is 0 Å². The number of hydrogen-bond acceptors (Lipinski definition) is 4. The fourth-order valence-electron chi connectivity index (χ4n) is 7.88. The van der Waals surface area contributed by atoms with Crippen LogP contribution in [0.4, 0.5) is 5.69 Å². The molecule has 1 aromatic rings. The van der Waals surface area contributed by atoms with Crippen LogP contribution in [0.15, 0.2) is 36.4 Å². The number of amides is 3. The highest BCUT2D eigenvalue weighted by molar-refractivity contribution is 6.03. The van der Waals surface area contributed by atoms with Gasteiger partial charge in [-0.2, -0.15) is 0 Å². The van der Waals surface area contributed by atoms with Gasteiger partial charge < -0.3 is 20.3 Å². The van der Waals surface area contributed by atoms with Gasteiger partial charge in [-0.15, -0.1) is 0 Å². The van der Waals surface area contributed by atoms with Gasteiger partial charge in [0.25, 0.3) is 0 Å². The van der Waals surface area contributed by atoms with E-state index in [4.69, 9.17) is 4.74 Å². The number of fused-ring (bicyclic) bond motifs is 1. The Kier molecular flexibility index (Phi) is 6.83. The maximum Gasteiger partial charge on any atom is 0.246 e. The first-order valence-corrected chi connectivity index (χ1v) is 14.8. The van der Waals surface area contributed by atoms with Gasteiger partial charge in [0.05, 0.1) is 17.9 Å². The third-order valence-electron chi connectivity index (χ3n) is 9.81. The van der Waals surface area contributed by atoms with Gasteiger partial charge in [-0.3, -0.25) is 14.4 Å². The second-order valence-corrected chi connectivity index (χ2v) is 12.3. The summed E-state index contributed by atoms with van der Waals surface area (Å²) in [6.07, 6.45) is 13.9. The Balaban J connectivity index is 1.33. The predicted octanol–water partition coefficient (Wildman–Crippen LogP) is 4.50. The van der Waals surface area contributed by atoms with Gasteiger partial charge in [-0.25, -0.2) is 0 Å². The maximum atomic E-state index is 14.3. The molecule has 0 aromatic heterocycles. The number of ether oxygens (including phenoxy) is 1. The molecule has 2 bridgehead atoms. The van der Waals surface area contributed by atoms with Crippen LogP contribution in [-0.2, 0) is 19.1 Å². The van der Waals surface area contributed by atoms with Crippen LogP contribution in [0.25, 0.3) is 0 Å². The van der Waals surface area contributed by atoms with Crippen LogP contribution in [0.3, 0.4) is 0 Å². The number of benzene rings is 1. The van der Waals surface area contributed by atoms with Gasteiger partial charge in [0.2, 0.25) is 17.7 Å². The largest absolute Gasteiger partial charge is 0.359 e. The quantitative estimate of drug-likeness (QED) is 0.443. The maximum absolute atomic E-state index is 14.3. The molecule has 3 heterocycles. The summed E-state index contributed by atoms with van der Waals surface area (Å²) in [6, 6.07) is 7.05. The summed E-state index contributed by atoms with van der Waals surface area (Å²) in [5.74, 6) is -1.36. The van der Waals surface area contributed by atoms with Crippen molar-refractivity contribution in [2.24, 2.45) is 17.8 Å². The molecule has 0 radical (unpaired) electrons. The van der Waals surface area contributed by atoms with E-state index < -0.39 is 29.6 Å². The Morgan fingerprint density at radius 1 is 1.00 bits per heavy atom. The highest BCUT2D eigenvalue weighted by Crippen LogP contribution is 2.56. The van der Waals surface area contributed by atoms with E-state index in [1.807, 2.05) is 48.2 Å². The molecule has 38 heavy (non-hydrogen) atoms. The summed E-state index contributed by atoms with van der Waals surface area (Å²) >= 11 is 0. The molecule has 4 fully saturated rings. The Labute approximate surface area is 225 Å². The fraction of sp³-hybridized carbons (Fsp3) is 0.645. The zero-order valence-electron chi connectivity index (χ0n) is 22.7. The van der Waals surface area contributed by atoms with E-state index >= 15 is 0 Å². The molecule has 2 saturated carbocycles. The molecule has 7 heteroatoms. The van der Waals surface area contributed by atoms with E-state index in [0.29, 0.717) is 11.6 Å². The Morgan fingerprint density at radius 2 is 1.74 bits per heavy atom. The molecule has 3 aliphatic heterocycles. The summed E-state index contributed by atoms with van der Waals surface area (Å²) in [5, 5.41) is 6.38. The second kappa shape index (κ2) is 10.1. The van der Waals surface area contributed by atoms with E-state index in [1.165, 1.54) is 6.42 Å². The molecule has 1 aromatic carbocycles. The molecule has 1 spiro atoms. The van der Waals surface area contributed by atoms with Crippen LogP contribution in [0.2, 0.25) is 0 Å². The van der Waals surface area contributed by atoms with Gasteiger partial charge in [-0.05, 0) is 56.2 Å². The minimum Gasteiger partial charge on any atom is -0.359 e. The average molecular weight is 520 g/mol.